The fourth-order valence-corrected chi connectivity index (χ4v) is 4.63. The zero-order valence-corrected chi connectivity index (χ0v) is 12.3. The zero-order valence-electron chi connectivity index (χ0n) is 9.96. The first-order valence-corrected chi connectivity index (χ1v) is 7.91. The van der Waals surface area contributed by atoms with Gasteiger partial charge in [0.15, 0.2) is 0 Å². The summed E-state index contributed by atoms with van der Waals surface area (Å²) in [7, 11) is -3.80. The highest BCUT2D eigenvalue weighted by Crippen LogP contribution is 2.29. The molecule has 0 bridgehead atoms. The fraction of sp³-hybridized carbons (Fsp3) is 0.500. The van der Waals surface area contributed by atoms with Gasteiger partial charge in [0.1, 0.15) is 10.8 Å². The maximum Gasteiger partial charge on any atom is 0.318 e. The third-order valence-corrected chi connectivity index (χ3v) is 6.14. The van der Waals surface area contributed by atoms with Crippen molar-refractivity contribution in [2.24, 2.45) is 0 Å². The summed E-state index contributed by atoms with van der Waals surface area (Å²) in [6.07, 6.45) is 0.533. The van der Waals surface area contributed by atoms with Crippen LogP contribution in [0, 0.1) is 0 Å². The van der Waals surface area contributed by atoms with Gasteiger partial charge in [-0.15, -0.1) is 11.3 Å². The normalized spacial score (nSPS) is 13.8. The number of rotatable bonds is 6. The first-order valence-electron chi connectivity index (χ1n) is 5.28. The number of carboxylic acid groups (broad SMARTS) is 1. The van der Waals surface area contributed by atoms with E-state index in [1.54, 1.807) is 13.8 Å². The molecule has 0 amide bonds. The zero-order chi connectivity index (χ0) is 13.9. The summed E-state index contributed by atoms with van der Waals surface area (Å²) in [6.45, 7) is 2.93. The Kier molecular flexibility index (Phi) is 5.15. The summed E-state index contributed by atoms with van der Waals surface area (Å²) >= 11 is 6.63. The first-order chi connectivity index (χ1) is 8.28. The lowest BCUT2D eigenvalue weighted by Gasteiger charge is -2.25. The second-order valence-electron chi connectivity index (χ2n) is 3.76. The van der Waals surface area contributed by atoms with Crippen molar-refractivity contribution in [3.05, 3.63) is 16.5 Å². The lowest BCUT2D eigenvalue weighted by Crippen LogP contribution is -2.41. The molecule has 0 saturated carbocycles. The molecule has 0 aliphatic rings. The summed E-state index contributed by atoms with van der Waals surface area (Å²) in [5.74, 6) is -1.18. The molecule has 18 heavy (non-hydrogen) atoms. The van der Waals surface area contributed by atoms with E-state index in [1.165, 1.54) is 12.1 Å². The maximum atomic E-state index is 12.3. The topological polar surface area (TPSA) is 74.7 Å². The molecule has 102 valence electrons. The van der Waals surface area contributed by atoms with Crippen LogP contribution in [0.4, 0.5) is 0 Å². The Bertz CT molecular complexity index is 526. The molecule has 0 fully saturated rings. The van der Waals surface area contributed by atoms with E-state index in [0.717, 1.165) is 15.6 Å². The highest BCUT2D eigenvalue weighted by molar-refractivity contribution is 7.91. The molecule has 1 aromatic heterocycles. The smallest absolute Gasteiger partial charge is 0.318 e. The number of hydrogen-bond donors (Lipinski definition) is 1. The first kappa shape index (κ1) is 15.4. The summed E-state index contributed by atoms with van der Waals surface area (Å²) < 4.78 is 26.0. The lowest BCUT2D eigenvalue weighted by molar-refractivity contribution is -0.137. The standard InChI is InChI=1S/C10H14ClNO4S2/c1-3-7(2)12(6-9(13)14)18(15,16)10-5-4-8(11)17-10/h4-5,7H,3,6H2,1-2H3,(H,13,14). The number of aliphatic carboxylic acids is 1. The van der Waals surface area contributed by atoms with Gasteiger partial charge in [0.2, 0.25) is 0 Å². The van der Waals surface area contributed by atoms with Crippen molar-refractivity contribution >= 4 is 38.9 Å². The summed E-state index contributed by atoms with van der Waals surface area (Å²) in [5, 5.41) is 8.81. The molecule has 0 aliphatic carbocycles. The minimum absolute atomic E-state index is 0.0639. The number of halogens is 1. The van der Waals surface area contributed by atoms with Crippen molar-refractivity contribution in [3.8, 4) is 0 Å². The van der Waals surface area contributed by atoms with Gasteiger partial charge < -0.3 is 5.11 Å². The van der Waals surface area contributed by atoms with Crippen LogP contribution in [0.5, 0.6) is 0 Å². The number of nitrogens with zero attached hydrogens (tertiary/aromatic N) is 1. The van der Waals surface area contributed by atoms with E-state index in [0.29, 0.717) is 10.8 Å². The Balaban J connectivity index is 3.15. The van der Waals surface area contributed by atoms with Gasteiger partial charge in [-0.2, -0.15) is 4.31 Å². The van der Waals surface area contributed by atoms with Gasteiger partial charge in [-0.05, 0) is 25.5 Å². The van der Waals surface area contributed by atoms with E-state index in [4.69, 9.17) is 16.7 Å². The average molecular weight is 312 g/mol. The van der Waals surface area contributed by atoms with Gasteiger partial charge in [0.25, 0.3) is 10.0 Å². The largest absolute Gasteiger partial charge is 0.480 e. The Hall–Kier alpha value is -0.630. The van der Waals surface area contributed by atoms with Crippen LogP contribution < -0.4 is 0 Å². The number of hydrogen-bond acceptors (Lipinski definition) is 4. The van der Waals surface area contributed by atoms with Crippen LogP contribution in [0.3, 0.4) is 0 Å². The molecule has 0 aromatic carbocycles. The molecular weight excluding hydrogens is 298 g/mol. The van der Waals surface area contributed by atoms with Crippen molar-refractivity contribution in [1.29, 1.82) is 0 Å². The number of carboxylic acids is 1. The molecule has 1 unspecified atom stereocenters. The molecule has 1 heterocycles. The second-order valence-corrected chi connectivity index (χ2v) is 7.59. The highest BCUT2D eigenvalue weighted by Gasteiger charge is 2.31. The van der Waals surface area contributed by atoms with Crippen LogP contribution in [-0.4, -0.2) is 36.4 Å². The number of sulfonamides is 1. The predicted molar refractivity (Wildman–Crippen MR) is 70.6 cm³/mol. The fourth-order valence-electron chi connectivity index (χ4n) is 1.37. The van der Waals surface area contributed by atoms with E-state index >= 15 is 0 Å². The van der Waals surface area contributed by atoms with Crippen LogP contribution in [0.1, 0.15) is 20.3 Å². The molecule has 1 atom stereocenters. The van der Waals surface area contributed by atoms with E-state index in [-0.39, 0.29) is 10.3 Å². The van der Waals surface area contributed by atoms with Crippen LogP contribution in [0.25, 0.3) is 0 Å². The van der Waals surface area contributed by atoms with Crippen molar-refractivity contribution in [1.82, 2.24) is 4.31 Å². The van der Waals surface area contributed by atoms with Gasteiger partial charge in [-0.1, -0.05) is 18.5 Å². The summed E-state index contributed by atoms with van der Waals surface area (Å²) in [4.78, 5) is 10.8. The van der Waals surface area contributed by atoms with E-state index < -0.39 is 22.5 Å². The lowest BCUT2D eigenvalue weighted by atomic mass is 10.2. The van der Waals surface area contributed by atoms with Crippen molar-refractivity contribution in [2.75, 3.05) is 6.54 Å². The molecule has 0 spiro atoms. The maximum absolute atomic E-state index is 12.3. The van der Waals surface area contributed by atoms with Gasteiger partial charge in [-0.3, -0.25) is 4.79 Å². The van der Waals surface area contributed by atoms with Crippen molar-refractivity contribution in [3.63, 3.8) is 0 Å². The summed E-state index contributed by atoms with van der Waals surface area (Å²) in [6, 6.07) is 2.49. The molecule has 1 N–H and O–H groups in total. The Morgan fingerprint density at radius 3 is 2.56 bits per heavy atom. The monoisotopic (exact) mass is 311 g/mol. The predicted octanol–water partition coefficient (Wildman–Crippen LogP) is 2.28. The number of carbonyl (C=O) groups is 1. The summed E-state index contributed by atoms with van der Waals surface area (Å²) in [5.41, 5.74) is 0. The van der Waals surface area contributed by atoms with Crippen LogP contribution in [0.2, 0.25) is 4.34 Å². The van der Waals surface area contributed by atoms with Gasteiger partial charge >= 0.3 is 5.97 Å². The van der Waals surface area contributed by atoms with E-state index in [2.05, 4.69) is 0 Å². The Morgan fingerprint density at radius 1 is 1.56 bits per heavy atom. The van der Waals surface area contributed by atoms with Crippen LogP contribution >= 0.6 is 22.9 Å². The van der Waals surface area contributed by atoms with Crippen LogP contribution in [0.15, 0.2) is 16.3 Å². The Morgan fingerprint density at radius 2 is 2.17 bits per heavy atom. The van der Waals surface area contributed by atoms with Crippen molar-refractivity contribution < 1.29 is 18.3 Å². The molecule has 5 nitrogen and oxygen atoms in total. The minimum atomic E-state index is -3.80. The number of thiophene rings is 1. The molecule has 1 aromatic rings. The molecule has 0 saturated heterocycles. The Labute approximate surface area is 115 Å². The minimum Gasteiger partial charge on any atom is -0.480 e. The molecular formula is C10H14ClNO4S2. The quantitative estimate of drug-likeness (QED) is 0.874. The van der Waals surface area contributed by atoms with Crippen LogP contribution in [-0.2, 0) is 14.8 Å². The highest BCUT2D eigenvalue weighted by atomic mass is 35.5. The van der Waals surface area contributed by atoms with Gasteiger partial charge in [-0.25, -0.2) is 8.42 Å². The molecule has 8 heteroatoms. The molecule has 1 rings (SSSR count). The van der Waals surface area contributed by atoms with Gasteiger partial charge in [0, 0.05) is 6.04 Å². The van der Waals surface area contributed by atoms with E-state index in [1.807, 2.05) is 0 Å². The molecule has 0 aliphatic heterocycles. The third-order valence-electron chi connectivity index (χ3n) is 2.49. The van der Waals surface area contributed by atoms with Crippen molar-refractivity contribution in [2.45, 2.75) is 30.5 Å². The average Bonchev–Trinajstić information content (AvgIpc) is 2.72. The second kappa shape index (κ2) is 6.01. The van der Waals surface area contributed by atoms with Gasteiger partial charge in [0.05, 0.1) is 4.34 Å². The molecule has 0 radical (unpaired) electrons. The third kappa shape index (κ3) is 3.44. The SMILES string of the molecule is CCC(C)N(CC(=O)O)S(=O)(=O)c1ccc(Cl)s1. The van der Waals surface area contributed by atoms with E-state index in [9.17, 15) is 13.2 Å².